The van der Waals surface area contributed by atoms with Crippen LogP contribution in [0, 0.1) is 0 Å². The summed E-state index contributed by atoms with van der Waals surface area (Å²) in [5.41, 5.74) is 0.825. The number of rotatable bonds is 8. The minimum absolute atomic E-state index is 0.0529. The molecule has 0 radical (unpaired) electrons. The van der Waals surface area contributed by atoms with Crippen molar-refractivity contribution in [3.05, 3.63) is 33.8 Å². The zero-order valence-corrected chi connectivity index (χ0v) is 14.0. The van der Waals surface area contributed by atoms with Crippen molar-refractivity contribution in [1.29, 1.82) is 0 Å². The van der Waals surface area contributed by atoms with Gasteiger partial charge in [-0.2, -0.15) is 0 Å². The number of halogens is 2. The zero-order valence-electron chi connectivity index (χ0n) is 12.5. The van der Waals surface area contributed by atoms with E-state index in [9.17, 15) is 9.59 Å². The lowest BCUT2D eigenvalue weighted by atomic mass is 10.1. The molecule has 0 aliphatic carbocycles. The number of nitrogens with one attached hydrogen (secondary N) is 2. The van der Waals surface area contributed by atoms with Crippen LogP contribution < -0.4 is 10.6 Å². The van der Waals surface area contributed by atoms with Crippen LogP contribution in [0.4, 0.5) is 0 Å². The van der Waals surface area contributed by atoms with Gasteiger partial charge in [-0.25, -0.2) is 0 Å². The third kappa shape index (κ3) is 5.83. The van der Waals surface area contributed by atoms with Crippen LogP contribution in [0.2, 0.25) is 10.0 Å². The Morgan fingerprint density at radius 3 is 2.50 bits per heavy atom. The fourth-order valence-corrected chi connectivity index (χ4v) is 2.28. The highest BCUT2D eigenvalue weighted by Gasteiger charge is 2.17. The van der Waals surface area contributed by atoms with Crippen LogP contribution in [0.5, 0.6) is 0 Å². The molecule has 1 rings (SSSR count). The molecule has 122 valence electrons. The normalized spacial score (nSPS) is 13.5. The van der Waals surface area contributed by atoms with E-state index in [-0.39, 0.29) is 18.5 Å². The Hall–Kier alpha value is -1.30. The van der Waals surface area contributed by atoms with Gasteiger partial charge in [0.1, 0.15) is 6.04 Å². The van der Waals surface area contributed by atoms with Gasteiger partial charge in [0.2, 0.25) is 5.91 Å². The van der Waals surface area contributed by atoms with E-state index in [4.69, 9.17) is 28.3 Å². The van der Waals surface area contributed by atoms with Crippen molar-refractivity contribution >= 4 is 35.1 Å². The first-order valence-corrected chi connectivity index (χ1v) is 7.81. The molecule has 3 N–H and O–H groups in total. The summed E-state index contributed by atoms with van der Waals surface area (Å²) in [5, 5.41) is 15.4. The van der Waals surface area contributed by atoms with Crippen molar-refractivity contribution in [2.24, 2.45) is 0 Å². The largest absolute Gasteiger partial charge is 0.480 e. The molecule has 0 bridgehead atoms. The van der Waals surface area contributed by atoms with Gasteiger partial charge in [0.05, 0.1) is 22.6 Å². The number of amides is 1. The molecular formula is C15H20Cl2N2O3. The van der Waals surface area contributed by atoms with Gasteiger partial charge < -0.3 is 10.4 Å². The van der Waals surface area contributed by atoms with E-state index in [1.54, 1.807) is 18.2 Å². The Kier molecular flexibility index (Phi) is 7.65. The second kappa shape index (κ2) is 8.98. The molecule has 0 fully saturated rings. The van der Waals surface area contributed by atoms with E-state index >= 15 is 0 Å². The molecule has 0 saturated carbocycles. The second-order valence-corrected chi connectivity index (χ2v) is 5.84. The lowest BCUT2D eigenvalue weighted by molar-refractivity contribution is -0.139. The number of carbonyl (C=O) groups excluding carboxylic acids is 1. The third-order valence-electron chi connectivity index (χ3n) is 3.21. The van der Waals surface area contributed by atoms with Crippen LogP contribution in [0.3, 0.4) is 0 Å². The first-order chi connectivity index (χ1) is 10.3. The van der Waals surface area contributed by atoms with Crippen LogP contribution in [0.25, 0.3) is 0 Å². The predicted molar refractivity (Wildman–Crippen MR) is 87.4 cm³/mol. The molecule has 0 saturated heterocycles. The minimum Gasteiger partial charge on any atom is -0.480 e. The first-order valence-electron chi connectivity index (χ1n) is 7.05. The third-order valence-corrected chi connectivity index (χ3v) is 3.94. The molecule has 0 heterocycles. The maximum absolute atomic E-state index is 11.9. The minimum atomic E-state index is -0.952. The molecule has 22 heavy (non-hydrogen) atoms. The molecule has 1 amide bonds. The second-order valence-electron chi connectivity index (χ2n) is 5.02. The number of carboxylic acid groups (broad SMARTS) is 1. The molecule has 0 aliphatic rings. The summed E-state index contributed by atoms with van der Waals surface area (Å²) in [4.78, 5) is 22.9. The van der Waals surface area contributed by atoms with E-state index in [1.165, 1.54) is 0 Å². The highest BCUT2D eigenvalue weighted by atomic mass is 35.5. The maximum Gasteiger partial charge on any atom is 0.320 e. The van der Waals surface area contributed by atoms with Crippen LogP contribution in [0.15, 0.2) is 18.2 Å². The predicted octanol–water partition coefficient (Wildman–Crippen LogP) is 3.01. The molecule has 2 unspecified atom stereocenters. The maximum atomic E-state index is 11.9. The highest BCUT2D eigenvalue weighted by Crippen LogP contribution is 2.25. The van der Waals surface area contributed by atoms with Crippen molar-refractivity contribution in [2.45, 2.75) is 38.8 Å². The Bertz CT molecular complexity index is 538. The highest BCUT2D eigenvalue weighted by molar-refractivity contribution is 6.42. The summed E-state index contributed by atoms with van der Waals surface area (Å²) in [6.45, 7) is 3.66. The van der Waals surface area contributed by atoms with Gasteiger partial charge in [-0.3, -0.25) is 14.9 Å². The van der Waals surface area contributed by atoms with Gasteiger partial charge >= 0.3 is 5.97 Å². The lowest BCUT2D eigenvalue weighted by Gasteiger charge is -2.17. The van der Waals surface area contributed by atoms with Crippen LogP contribution >= 0.6 is 23.2 Å². The number of hydrogen-bond donors (Lipinski definition) is 3. The summed E-state index contributed by atoms with van der Waals surface area (Å²) in [6.07, 6.45) is 1.20. The summed E-state index contributed by atoms with van der Waals surface area (Å²) in [5.74, 6) is -1.23. The number of carbonyl (C=O) groups is 2. The SMILES string of the molecule is CCCC(NCC(=O)NC(C)c1ccc(Cl)c(Cl)c1)C(=O)O. The number of carboxylic acids is 1. The van der Waals surface area contributed by atoms with Crippen molar-refractivity contribution < 1.29 is 14.7 Å². The van der Waals surface area contributed by atoms with Gasteiger partial charge in [-0.1, -0.05) is 42.6 Å². The number of aliphatic carboxylic acids is 1. The Morgan fingerprint density at radius 2 is 1.95 bits per heavy atom. The Balaban J connectivity index is 2.53. The van der Waals surface area contributed by atoms with Gasteiger partial charge in [-0.05, 0) is 31.0 Å². The zero-order chi connectivity index (χ0) is 16.7. The Labute approximate surface area is 140 Å². The molecule has 1 aromatic carbocycles. The van der Waals surface area contributed by atoms with Gasteiger partial charge in [0.25, 0.3) is 0 Å². The molecule has 0 aliphatic heterocycles. The summed E-state index contributed by atoms with van der Waals surface area (Å²) < 4.78 is 0. The molecule has 7 heteroatoms. The quantitative estimate of drug-likeness (QED) is 0.676. The lowest BCUT2D eigenvalue weighted by Crippen LogP contribution is -2.43. The fraction of sp³-hybridized carbons (Fsp3) is 0.467. The fourth-order valence-electron chi connectivity index (χ4n) is 1.97. The first kappa shape index (κ1) is 18.7. The topological polar surface area (TPSA) is 78.4 Å². The van der Waals surface area contributed by atoms with E-state index in [2.05, 4.69) is 10.6 Å². The van der Waals surface area contributed by atoms with E-state index in [1.807, 2.05) is 13.8 Å². The molecule has 5 nitrogen and oxygen atoms in total. The van der Waals surface area contributed by atoms with Gasteiger partial charge in [0, 0.05) is 0 Å². The van der Waals surface area contributed by atoms with Crippen molar-refractivity contribution in [1.82, 2.24) is 10.6 Å². The van der Waals surface area contributed by atoms with E-state index < -0.39 is 12.0 Å². The van der Waals surface area contributed by atoms with Crippen LogP contribution in [-0.4, -0.2) is 29.6 Å². The average Bonchev–Trinajstić information content (AvgIpc) is 2.45. The summed E-state index contributed by atoms with van der Waals surface area (Å²) in [7, 11) is 0. The molecule has 0 aromatic heterocycles. The van der Waals surface area contributed by atoms with Crippen molar-refractivity contribution in [2.75, 3.05) is 6.54 Å². The van der Waals surface area contributed by atoms with E-state index in [0.717, 1.165) is 12.0 Å². The molecular weight excluding hydrogens is 327 g/mol. The van der Waals surface area contributed by atoms with Crippen LogP contribution in [-0.2, 0) is 9.59 Å². The molecule has 2 atom stereocenters. The molecule has 1 aromatic rings. The van der Waals surface area contributed by atoms with Gasteiger partial charge in [0.15, 0.2) is 0 Å². The monoisotopic (exact) mass is 346 g/mol. The number of benzene rings is 1. The molecule has 0 spiro atoms. The van der Waals surface area contributed by atoms with E-state index in [0.29, 0.717) is 16.5 Å². The summed E-state index contributed by atoms with van der Waals surface area (Å²) in [6, 6.07) is 4.18. The smallest absolute Gasteiger partial charge is 0.320 e. The Morgan fingerprint density at radius 1 is 1.27 bits per heavy atom. The average molecular weight is 347 g/mol. The standard InChI is InChI=1S/C15H20Cl2N2O3/c1-3-4-13(15(21)22)18-8-14(20)19-9(2)10-5-6-11(16)12(17)7-10/h5-7,9,13,18H,3-4,8H2,1-2H3,(H,19,20)(H,21,22). The van der Waals surface area contributed by atoms with Crippen molar-refractivity contribution in [3.63, 3.8) is 0 Å². The summed E-state index contributed by atoms with van der Waals surface area (Å²) >= 11 is 11.8. The number of hydrogen-bond acceptors (Lipinski definition) is 3. The van der Waals surface area contributed by atoms with Crippen LogP contribution in [0.1, 0.15) is 38.3 Å². The van der Waals surface area contributed by atoms with Gasteiger partial charge in [-0.15, -0.1) is 0 Å². The van der Waals surface area contributed by atoms with Crippen molar-refractivity contribution in [3.8, 4) is 0 Å².